The van der Waals surface area contributed by atoms with Crippen molar-refractivity contribution in [2.75, 3.05) is 24.2 Å². The fourth-order valence-electron chi connectivity index (χ4n) is 4.26. The van der Waals surface area contributed by atoms with Gasteiger partial charge in [0.1, 0.15) is 0 Å². The Bertz CT molecular complexity index is 995. The Hall–Kier alpha value is -2.18. The molecule has 0 atom stereocenters. The lowest BCUT2D eigenvalue weighted by Crippen LogP contribution is -2.21. The van der Waals surface area contributed by atoms with Crippen molar-refractivity contribution in [3.8, 4) is 0 Å². The molecule has 0 bridgehead atoms. The van der Waals surface area contributed by atoms with Gasteiger partial charge in [-0.15, -0.1) is 0 Å². The first-order valence-electron chi connectivity index (χ1n) is 10.5. The van der Waals surface area contributed by atoms with Crippen LogP contribution in [0.1, 0.15) is 42.4 Å². The molecule has 4 rings (SSSR count). The zero-order valence-corrected chi connectivity index (χ0v) is 17.5. The van der Waals surface area contributed by atoms with Crippen LogP contribution in [0, 0.1) is 0 Å². The van der Waals surface area contributed by atoms with Gasteiger partial charge in [-0.25, -0.2) is 8.42 Å². The number of anilines is 1. The smallest absolute Gasteiger partial charge is 0.225 e. The lowest BCUT2D eigenvalue weighted by molar-refractivity contribution is -0.115. The van der Waals surface area contributed by atoms with Crippen LogP contribution in [0.4, 0.5) is 5.69 Å². The Balaban J connectivity index is 1.37. The molecule has 0 aromatic heterocycles. The molecule has 1 aliphatic heterocycles. The molecule has 6 heteroatoms. The summed E-state index contributed by atoms with van der Waals surface area (Å²) in [4.78, 5) is 15.2. The van der Waals surface area contributed by atoms with Crippen LogP contribution in [0.3, 0.4) is 0 Å². The Morgan fingerprint density at radius 3 is 2.55 bits per heavy atom. The van der Waals surface area contributed by atoms with Gasteiger partial charge in [0.2, 0.25) is 5.91 Å². The van der Waals surface area contributed by atoms with Crippen molar-refractivity contribution in [3.63, 3.8) is 0 Å². The second-order valence-electron chi connectivity index (χ2n) is 8.04. The molecule has 2 aliphatic rings. The lowest BCUT2D eigenvalue weighted by Gasteiger charge is -2.17. The molecular formula is C23H28N2O3S. The number of fused-ring (bicyclic) bond motifs is 1. The monoisotopic (exact) mass is 412 g/mol. The van der Waals surface area contributed by atoms with Crippen molar-refractivity contribution in [2.45, 2.75) is 50.0 Å². The van der Waals surface area contributed by atoms with E-state index in [1.54, 1.807) is 12.1 Å². The fraction of sp³-hybridized carbons (Fsp3) is 0.435. The van der Waals surface area contributed by atoms with Crippen molar-refractivity contribution < 1.29 is 13.2 Å². The third kappa shape index (κ3) is 4.87. The predicted molar refractivity (Wildman–Crippen MR) is 115 cm³/mol. The Kier molecular flexibility index (Phi) is 6.01. The van der Waals surface area contributed by atoms with Gasteiger partial charge < -0.3 is 5.32 Å². The number of benzene rings is 2. The van der Waals surface area contributed by atoms with Gasteiger partial charge in [-0.3, -0.25) is 9.69 Å². The van der Waals surface area contributed by atoms with Gasteiger partial charge in [-0.1, -0.05) is 24.3 Å². The van der Waals surface area contributed by atoms with E-state index in [0.29, 0.717) is 4.90 Å². The minimum absolute atomic E-state index is 0.0442. The SMILES string of the molecule is O=C(CCS(=O)(=O)c1ccc2c(c1)CCC2)Nc1ccccc1CN1CCCC1. The molecule has 1 N–H and O–H groups in total. The average molecular weight is 413 g/mol. The molecule has 1 fully saturated rings. The summed E-state index contributed by atoms with van der Waals surface area (Å²) in [5.41, 5.74) is 4.23. The number of para-hydroxylation sites is 1. The van der Waals surface area contributed by atoms with Gasteiger partial charge in [0.25, 0.3) is 0 Å². The fourth-order valence-corrected chi connectivity index (χ4v) is 5.55. The molecule has 1 amide bonds. The molecule has 1 saturated heterocycles. The van der Waals surface area contributed by atoms with E-state index in [1.807, 2.05) is 30.3 Å². The third-order valence-corrected chi connectivity index (χ3v) is 7.62. The second-order valence-corrected chi connectivity index (χ2v) is 10.2. The van der Waals surface area contributed by atoms with E-state index in [1.165, 1.54) is 18.4 Å². The van der Waals surface area contributed by atoms with Crippen molar-refractivity contribution in [1.29, 1.82) is 0 Å². The van der Waals surface area contributed by atoms with E-state index in [-0.39, 0.29) is 18.1 Å². The number of nitrogens with one attached hydrogen (secondary N) is 1. The van der Waals surface area contributed by atoms with Crippen LogP contribution in [0.5, 0.6) is 0 Å². The molecule has 1 aliphatic carbocycles. The average Bonchev–Trinajstić information content (AvgIpc) is 3.39. The van der Waals surface area contributed by atoms with E-state index < -0.39 is 9.84 Å². The summed E-state index contributed by atoms with van der Waals surface area (Å²) in [7, 11) is -3.47. The third-order valence-electron chi connectivity index (χ3n) is 5.91. The number of amides is 1. The van der Waals surface area contributed by atoms with Crippen LogP contribution in [0.15, 0.2) is 47.4 Å². The van der Waals surface area contributed by atoms with E-state index in [4.69, 9.17) is 0 Å². The molecule has 0 unspecified atom stereocenters. The number of hydrogen-bond acceptors (Lipinski definition) is 4. The van der Waals surface area contributed by atoms with Gasteiger partial charge in [0.05, 0.1) is 10.6 Å². The Labute approximate surface area is 173 Å². The number of sulfone groups is 1. The number of carbonyl (C=O) groups excluding carboxylic acids is 1. The molecule has 0 spiro atoms. The Morgan fingerprint density at radius 1 is 0.966 bits per heavy atom. The summed E-state index contributed by atoms with van der Waals surface area (Å²) >= 11 is 0. The molecule has 5 nitrogen and oxygen atoms in total. The topological polar surface area (TPSA) is 66.5 Å². The highest BCUT2D eigenvalue weighted by atomic mass is 32.2. The maximum absolute atomic E-state index is 12.7. The second kappa shape index (κ2) is 8.67. The van der Waals surface area contributed by atoms with Gasteiger partial charge in [0.15, 0.2) is 9.84 Å². The first-order chi connectivity index (χ1) is 14.0. The van der Waals surface area contributed by atoms with Crippen LogP contribution in [-0.2, 0) is 34.0 Å². The maximum atomic E-state index is 12.7. The number of aryl methyl sites for hydroxylation is 2. The molecule has 0 radical (unpaired) electrons. The van der Waals surface area contributed by atoms with Crippen LogP contribution >= 0.6 is 0 Å². The Morgan fingerprint density at radius 2 is 1.72 bits per heavy atom. The summed E-state index contributed by atoms with van der Waals surface area (Å²) in [6, 6.07) is 13.2. The van der Waals surface area contributed by atoms with Crippen LogP contribution in [0.2, 0.25) is 0 Å². The van der Waals surface area contributed by atoms with E-state index >= 15 is 0 Å². The van der Waals surface area contributed by atoms with Crippen molar-refractivity contribution in [3.05, 3.63) is 59.2 Å². The lowest BCUT2D eigenvalue weighted by atomic mass is 10.1. The van der Waals surface area contributed by atoms with E-state index in [0.717, 1.165) is 55.7 Å². The maximum Gasteiger partial charge on any atom is 0.225 e. The number of nitrogens with zero attached hydrogens (tertiary/aromatic N) is 1. The normalized spacial score (nSPS) is 16.7. The molecule has 2 aromatic rings. The minimum Gasteiger partial charge on any atom is -0.326 e. The van der Waals surface area contributed by atoms with Gasteiger partial charge in [0, 0.05) is 18.7 Å². The van der Waals surface area contributed by atoms with Crippen molar-refractivity contribution in [2.24, 2.45) is 0 Å². The summed E-state index contributed by atoms with van der Waals surface area (Å²) in [6.45, 7) is 2.98. The molecule has 1 heterocycles. The van der Waals surface area contributed by atoms with Gasteiger partial charge in [-0.05, 0) is 80.1 Å². The number of carbonyl (C=O) groups is 1. The summed E-state index contributed by atoms with van der Waals surface area (Å²) in [5, 5.41) is 2.92. The molecular weight excluding hydrogens is 384 g/mol. The highest BCUT2D eigenvalue weighted by Gasteiger charge is 2.20. The minimum atomic E-state index is -3.47. The first-order valence-corrected chi connectivity index (χ1v) is 12.1. The highest BCUT2D eigenvalue weighted by Crippen LogP contribution is 2.26. The summed E-state index contributed by atoms with van der Waals surface area (Å²) < 4.78 is 25.4. The molecule has 154 valence electrons. The van der Waals surface area contributed by atoms with Gasteiger partial charge in [-0.2, -0.15) is 0 Å². The first kappa shape index (κ1) is 20.1. The predicted octanol–water partition coefficient (Wildman–Crippen LogP) is 3.57. The van der Waals surface area contributed by atoms with Crippen LogP contribution < -0.4 is 5.32 Å². The van der Waals surface area contributed by atoms with E-state index in [9.17, 15) is 13.2 Å². The number of likely N-dealkylation sites (tertiary alicyclic amines) is 1. The van der Waals surface area contributed by atoms with Crippen molar-refractivity contribution >= 4 is 21.4 Å². The van der Waals surface area contributed by atoms with Crippen molar-refractivity contribution in [1.82, 2.24) is 4.90 Å². The largest absolute Gasteiger partial charge is 0.326 e. The van der Waals surface area contributed by atoms with Gasteiger partial charge >= 0.3 is 0 Å². The zero-order chi connectivity index (χ0) is 20.3. The van der Waals surface area contributed by atoms with E-state index in [2.05, 4.69) is 10.2 Å². The van der Waals surface area contributed by atoms with Crippen LogP contribution in [0.25, 0.3) is 0 Å². The van der Waals surface area contributed by atoms with Crippen LogP contribution in [-0.4, -0.2) is 38.1 Å². The highest BCUT2D eigenvalue weighted by molar-refractivity contribution is 7.91. The number of hydrogen-bond donors (Lipinski definition) is 1. The summed E-state index contributed by atoms with van der Waals surface area (Å²) in [5.74, 6) is -0.435. The number of rotatable bonds is 7. The summed E-state index contributed by atoms with van der Waals surface area (Å²) in [6.07, 6.45) is 5.43. The molecule has 29 heavy (non-hydrogen) atoms. The quantitative estimate of drug-likeness (QED) is 0.755. The zero-order valence-electron chi connectivity index (χ0n) is 16.7. The molecule has 2 aromatic carbocycles. The molecule has 0 saturated carbocycles. The standard InChI is InChI=1S/C23H28N2O3S/c26-23(24-22-9-2-1-6-20(22)17-25-13-3-4-14-25)12-15-29(27,28)21-11-10-18-7-5-8-19(18)16-21/h1-2,6,9-11,16H,3-5,7-8,12-15,17H2,(H,24,26).